The molecule has 1 heterocycles. The molecule has 108 valence electrons. The summed E-state index contributed by atoms with van der Waals surface area (Å²) in [7, 11) is 1.65. The number of hydrogen-bond donors (Lipinski definition) is 1. The van der Waals surface area contributed by atoms with Crippen molar-refractivity contribution in [2.45, 2.75) is 26.4 Å². The molecule has 0 spiro atoms. The third-order valence-corrected chi connectivity index (χ3v) is 4.06. The van der Waals surface area contributed by atoms with Gasteiger partial charge in [-0.05, 0) is 44.0 Å². The summed E-state index contributed by atoms with van der Waals surface area (Å²) in [5, 5.41) is 7.92. The number of benzene rings is 1. The van der Waals surface area contributed by atoms with E-state index in [1.807, 2.05) is 29.1 Å². The van der Waals surface area contributed by atoms with E-state index in [4.69, 9.17) is 4.74 Å². The molecule has 0 amide bonds. The molecule has 1 aromatic heterocycles. The average molecular weight is 403 g/mol. The molecule has 0 aliphatic carbocycles. The van der Waals surface area contributed by atoms with Crippen LogP contribution in [0.4, 0.5) is 0 Å². The van der Waals surface area contributed by atoms with Crippen molar-refractivity contribution in [2.24, 2.45) is 0 Å². The van der Waals surface area contributed by atoms with Gasteiger partial charge < -0.3 is 10.1 Å². The minimum Gasteiger partial charge on any atom is -0.495 e. The summed E-state index contributed by atoms with van der Waals surface area (Å²) in [6, 6.07) is 6.36. The van der Waals surface area contributed by atoms with Gasteiger partial charge in [0.2, 0.25) is 0 Å². The minimum absolute atomic E-state index is 0.444. The van der Waals surface area contributed by atoms with E-state index in [0.29, 0.717) is 6.04 Å². The fraction of sp³-hybridized carbons (Fsp3) is 0.357. The van der Waals surface area contributed by atoms with Crippen LogP contribution >= 0.6 is 31.9 Å². The first-order chi connectivity index (χ1) is 9.51. The molecule has 20 heavy (non-hydrogen) atoms. The molecule has 0 fully saturated rings. The van der Waals surface area contributed by atoms with Crippen LogP contribution in [0.1, 0.15) is 19.5 Å². The Labute approximate surface area is 135 Å². The molecule has 0 saturated heterocycles. The summed E-state index contributed by atoms with van der Waals surface area (Å²) in [5.41, 5.74) is 1.95. The second kappa shape index (κ2) is 6.74. The van der Waals surface area contributed by atoms with E-state index in [-0.39, 0.29) is 0 Å². The van der Waals surface area contributed by atoms with Gasteiger partial charge in [-0.3, -0.25) is 0 Å². The van der Waals surface area contributed by atoms with Crippen molar-refractivity contribution in [3.63, 3.8) is 0 Å². The molecule has 4 nitrogen and oxygen atoms in total. The number of halogens is 2. The number of ether oxygens (including phenoxy) is 1. The fourth-order valence-electron chi connectivity index (χ4n) is 1.75. The number of hydrogen-bond acceptors (Lipinski definition) is 3. The van der Waals surface area contributed by atoms with Crippen molar-refractivity contribution < 1.29 is 4.74 Å². The Morgan fingerprint density at radius 1 is 1.30 bits per heavy atom. The first-order valence-electron chi connectivity index (χ1n) is 6.32. The maximum atomic E-state index is 5.33. The Kier molecular flexibility index (Phi) is 5.23. The van der Waals surface area contributed by atoms with E-state index in [1.165, 1.54) is 0 Å². The van der Waals surface area contributed by atoms with E-state index in [2.05, 4.69) is 56.1 Å². The SMILES string of the molecule is COc1cc(-n2ccc(CNC(C)C)n2)c(Br)cc1Br. The summed E-state index contributed by atoms with van der Waals surface area (Å²) in [4.78, 5) is 0. The topological polar surface area (TPSA) is 39.1 Å². The molecule has 0 aliphatic heterocycles. The maximum Gasteiger partial charge on any atom is 0.135 e. The van der Waals surface area contributed by atoms with Crippen LogP contribution in [0.3, 0.4) is 0 Å². The number of aromatic nitrogens is 2. The first kappa shape index (κ1) is 15.5. The van der Waals surface area contributed by atoms with E-state index < -0.39 is 0 Å². The molecule has 2 rings (SSSR count). The summed E-state index contributed by atoms with van der Waals surface area (Å²) in [5.74, 6) is 0.778. The van der Waals surface area contributed by atoms with Gasteiger partial charge in [0.1, 0.15) is 5.75 Å². The Balaban J connectivity index is 2.27. The normalized spacial score (nSPS) is 11.1. The van der Waals surface area contributed by atoms with Crippen LogP contribution in [0.15, 0.2) is 33.3 Å². The highest BCUT2D eigenvalue weighted by Gasteiger charge is 2.10. The largest absolute Gasteiger partial charge is 0.495 e. The second-order valence-electron chi connectivity index (χ2n) is 4.73. The zero-order chi connectivity index (χ0) is 14.7. The van der Waals surface area contributed by atoms with E-state index in [1.54, 1.807) is 7.11 Å². The predicted molar refractivity (Wildman–Crippen MR) is 87.5 cm³/mol. The lowest BCUT2D eigenvalue weighted by molar-refractivity contribution is 0.411. The predicted octanol–water partition coefficient (Wildman–Crippen LogP) is 3.90. The highest BCUT2D eigenvalue weighted by Crippen LogP contribution is 2.33. The van der Waals surface area contributed by atoms with Crippen LogP contribution in [-0.2, 0) is 6.54 Å². The molecular formula is C14H17Br2N3O. The Morgan fingerprint density at radius 3 is 2.70 bits per heavy atom. The molecule has 1 aromatic carbocycles. The van der Waals surface area contributed by atoms with Gasteiger partial charge in [0, 0.05) is 29.3 Å². The van der Waals surface area contributed by atoms with Gasteiger partial charge in [-0.15, -0.1) is 0 Å². The van der Waals surface area contributed by atoms with E-state index in [9.17, 15) is 0 Å². The Hall–Kier alpha value is -0.850. The number of nitrogens with one attached hydrogen (secondary N) is 1. The van der Waals surface area contributed by atoms with Crippen LogP contribution in [0.2, 0.25) is 0 Å². The van der Waals surface area contributed by atoms with E-state index >= 15 is 0 Å². The number of nitrogens with zero attached hydrogens (tertiary/aromatic N) is 2. The maximum absolute atomic E-state index is 5.33. The van der Waals surface area contributed by atoms with Crippen LogP contribution in [0, 0.1) is 0 Å². The molecule has 0 atom stereocenters. The Morgan fingerprint density at radius 2 is 2.05 bits per heavy atom. The van der Waals surface area contributed by atoms with Gasteiger partial charge in [-0.1, -0.05) is 13.8 Å². The lowest BCUT2D eigenvalue weighted by Crippen LogP contribution is -2.22. The van der Waals surface area contributed by atoms with Crippen molar-refractivity contribution >= 4 is 31.9 Å². The van der Waals surface area contributed by atoms with Gasteiger partial charge in [-0.25, -0.2) is 4.68 Å². The minimum atomic E-state index is 0.444. The summed E-state index contributed by atoms with van der Waals surface area (Å²) < 4.78 is 9.03. The van der Waals surface area contributed by atoms with Crippen molar-refractivity contribution in [2.75, 3.05) is 7.11 Å². The van der Waals surface area contributed by atoms with Crippen LogP contribution < -0.4 is 10.1 Å². The number of rotatable bonds is 5. The molecule has 6 heteroatoms. The highest BCUT2D eigenvalue weighted by molar-refractivity contribution is 9.11. The van der Waals surface area contributed by atoms with Crippen molar-refractivity contribution in [1.29, 1.82) is 0 Å². The monoisotopic (exact) mass is 401 g/mol. The van der Waals surface area contributed by atoms with E-state index in [0.717, 1.165) is 32.6 Å². The molecule has 0 radical (unpaired) electrons. The van der Waals surface area contributed by atoms with Gasteiger partial charge >= 0.3 is 0 Å². The smallest absolute Gasteiger partial charge is 0.135 e. The van der Waals surface area contributed by atoms with Crippen LogP contribution in [0.25, 0.3) is 5.69 Å². The van der Waals surface area contributed by atoms with Crippen LogP contribution in [0.5, 0.6) is 5.75 Å². The van der Waals surface area contributed by atoms with Gasteiger partial charge in [0.15, 0.2) is 0 Å². The fourth-order valence-corrected chi connectivity index (χ4v) is 3.09. The zero-order valence-corrected chi connectivity index (χ0v) is 14.8. The molecule has 0 bridgehead atoms. The second-order valence-corrected chi connectivity index (χ2v) is 6.43. The quantitative estimate of drug-likeness (QED) is 0.824. The summed E-state index contributed by atoms with van der Waals surface area (Å²) >= 11 is 7.02. The Bertz CT molecular complexity index is 596. The summed E-state index contributed by atoms with van der Waals surface area (Å²) in [6.07, 6.45) is 1.95. The third-order valence-electron chi connectivity index (χ3n) is 2.80. The van der Waals surface area contributed by atoms with Crippen molar-refractivity contribution in [1.82, 2.24) is 15.1 Å². The summed E-state index contributed by atoms with van der Waals surface area (Å²) in [6.45, 7) is 5.00. The first-order valence-corrected chi connectivity index (χ1v) is 7.91. The lowest BCUT2D eigenvalue weighted by atomic mass is 10.3. The van der Waals surface area contributed by atoms with Gasteiger partial charge in [-0.2, -0.15) is 5.10 Å². The molecule has 0 aliphatic rings. The van der Waals surface area contributed by atoms with Gasteiger partial charge in [0.25, 0.3) is 0 Å². The lowest BCUT2D eigenvalue weighted by Gasteiger charge is -2.10. The number of methoxy groups -OCH3 is 1. The van der Waals surface area contributed by atoms with Gasteiger partial charge in [0.05, 0.1) is 23.0 Å². The highest BCUT2D eigenvalue weighted by atomic mass is 79.9. The van der Waals surface area contributed by atoms with Crippen molar-refractivity contribution in [3.05, 3.63) is 39.0 Å². The third kappa shape index (κ3) is 3.62. The molecule has 1 N–H and O–H groups in total. The molecule has 2 aromatic rings. The average Bonchev–Trinajstić information content (AvgIpc) is 2.85. The standard InChI is InChI=1S/C14H17Br2N3O/c1-9(2)17-8-10-4-5-19(18-10)13-7-14(20-3)12(16)6-11(13)15/h4-7,9,17H,8H2,1-3H3. The van der Waals surface area contributed by atoms with Crippen LogP contribution in [-0.4, -0.2) is 22.9 Å². The molecule has 0 saturated carbocycles. The molecule has 0 unspecified atom stereocenters. The van der Waals surface area contributed by atoms with Crippen molar-refractivity contribution in [3.8, 4) is 11.4 Å². The zero-order valence-electron chi connectivity index (χ0n) is 11.7. The molecular weight excluding hydrogens is 386 g/mol.